The largest absolute Gasteiger partial charge is 0.454 e. The number of nitrogens with zero attached hydrogens (tertiary/aromatic N) is 4. The van der Waals surface area contributed by atoms with Gasteiger partial charge < -0.3 is 4.42 Å². The maximum absolute atomic E-state index is 6.30. The fraction of sp³-hybridized carbons (Fsp3) is 0. The van der Waals surface area contributed by atoms with Crippen LogP contribution in [0, 0.1) is 0 Å². The quantitative estimate of drug-likeness (QED) is 0.209. The molecule has 9 rings (SSSR count). The van der Waals surface area contributed by atoms with E-state index in [0.717, 1.165) is 65.9 Å². The van der Waals surface area contributed by atoms with Crippen molar-refractivity contribution < 1.29 is 4.42 Å². The number of furan rings is 1. The summed E-state index contributed by atoms with van der Waals surface area (Å²) in [5.74, 6) is 1.92. The zero-order valence-corrected chi connectivity index (χ0v) is 24.1. The molecule has 0 atom stereocenters. The standard InChI is InChI=1S/C40H24N4O/c1-3-10-25(11-4-1)38-42-39(26-12-5-2-6-13-26)44-40(43-38)32-17-9-16-29-20-30(18-19-31(29)32)34-23-41-24-36-37(34)33-21-27-14-7-8-15-28(27)22-35(33)45-36/h1-24H. The molecule has 0 bridgehead atoms. The maximum atomic E-state index is 6.30. The van der Waals surface area contributed by atoms with E-state index < -0.39 is 0 Å². The van der Waals surface area contributed by atoms with Crippen LogP contribution in [-0.4, -0.2) is 19.9 Å². The van der Waals surface area contributed by atoms with Gasteiger partial charge in [0, 0.05) is 39.2 Å². The normalized spacial score (nSPS) is 11.6. The molecular weight excluding hydrogens is 552 g/mol. The lowest BCUT2D eigenvalue weighted by Crippen LogP contribution is -2.00. The molecule has 3 heterocycles. The van der Waals surface area contributed by atoms with Crippen molar-refractivity contribution in [2.45, 2.75) is 0 Å². The Kier molecular flexibility index (Phi) is 5.74. The average molecular weight is 577 g/mol. The number of hydrogen-bond acceptors (Lipinski definition) is 5. The van der Waals surface area contributed by atoms with Crippen molar-refractivity contribution in [3.63, 3.8) is 0 Å². The van der Waals surface area contributed by atoms with E-state index in [1.165, 1.54) is 5.39 Å². The first-order valence-corrected chi connectivity index (χ1v) is 14.9. The van der Waals surface area contributed by atoms with E-state index >= 15 is 0 Å². The number of benzene rings is 6. The SMILES string of the molecule is c1ccc(-c2nc(-c3ccccc3)nc(-c3cccc4cc(-c5cncc6oc7cc8ccccc8cc7c56)ccc34)n2)cc1. The summed E-state index contributed by atoms with van der Waals surface area (Å²) in [7, 11) is 0. The van der Waals surface area contributed by atoms with Crippen LogP contribution in [0.2, 0.25) is 0 Å². The van der Waals surface area contributed by atoms with Crippen LogP contribution in [0.3, 0.4) is 0 Å². The van der Waals surface area contributed by atoms with Crippen LogP contribution in [0.15, 0.2) is 150 Å². The van der Waals surface area contributed by atoms with Gasteiger partial charge in [0.2, 0.25) is 0 Å². The average Bonchev–Trinajstić information content (AvgIpc) is 3.48. The second kappa shape index (κ2) is 10.2. The zero-order valence-electron chi connectivity index (χ0n) is 24.1. The molecular formula is C40H24N4O. The molecule has 0 radical (unpaired) electrons. The molecule has 0 aliphatic rings. The third-order valence-corrected chi connectivity index (χ3v) is 8.38. The van der Waals surface area contributed by atoms with E-state index in [2.05, 4.69) is 77.8 Å². The molecule has 0 aliphatic carbocycles. The molecule has 210 valence electrons. The highest BCUT2D eigenvalue weighted by Gasteiger charge is 2.17. The van der Waals surface area contributed by atoms with Crippen LogP contribution >= 0.6 is 0 Å². The summed E-state index contributed by atoms with van der Waals surface area (Å²) in [6.07, 6.45) is 3.74. The van der Waals surface area contributed by atoms with Gasteiger partial charge in [-0.25, -0.2) is 15.0 Å². The van der Waals surface area contributed by atoms with E-state index in [4.69, 9.17) is 19.4 Å². The molecule has 5 heteroatoms. The Hall–Kier alpha value is -6.20. The molecule has 3 aromatic heterocycles. The van der Waals surface area contributed by atoms with Gasteiger partial charge in [-0.05, 0) is 45.3 Å². The Morgan fingerprint density at radius 2 is 1.04 bits per heavy atom. The smallest absolute Gasteiger partial charge is 0.164 e. The number of rotatable bonds is 4. The van der Waals surface area contributed by atoms with Crippen molar-refractivity contribution in [2.24, 2.45) is 0 Å². The fourth-order valence-electron chi connectivity index (χ4n) is 6.21. The van der Waals surface area contributed by atoms with Crippen LogP contribution in [-0.2, 0) is 0 Å². The third kappa shape index (κ3) is 4.33. The Morgan fingerprint density at radius 1 is 0.400 bits per heavy atom. The van der Waals surface area contributed by atoms with Gasteiger partial charge in [-0.3, -0.25) is 4.98 Å². The summed E-state index contributed by atoms with van der Waals surface area (Å²) in [6, 6.07) is 45.6. The van der Waals surface area contributed by atoms with Gasteiger partial charge in [-0.1, -0.05) is 115 Å². The first-order valence-electron chi connectivity index (χ1n) is 14.9. The highest BCUT2D eigenvalue weighted by atomic mass is 16.3. The second-order valence-electron chi connectivity index (χ2n) is 11.1. The van der Waals surface area contributed by atoms with Crippen LogP contribution < -0.4 is 0 Å². The van der Waals surface area contributed by atoms with Crippen molar-refractivity contribution in [1.29, 1.82) is 0 Å². The molecule has 0 saturated heterocycles. The van der Waals surface area contributed by atoms with Gasteiger partial charge >= 0.3 is 0 Å². The number of aromatic nitrogens is 4. The van der Waals surface area contributed by atoms with E-state index in [1.54, 1.807) is 6.20 Å². The third-order valence-electron chi connectivity index (χ3n) is 8.38. The lowest BCUT2D eigenvalue weighted by molar-refractivity contribution is 0.667. The first-order chi connectivity index (χ1) is 22.3. The van der Waals surface area contributed by atoms with Crippen molar-refractivity contribution >= 4 is 43.5 Å². The summed E-state index contributed by atoms with van der Waals surface area (Å²) >= 11 is 0. The van der Waals surface area contributed by atoms with Gasteiger partial charge in [0.15, 0.2) is 23.1 Å². The number of fused-ring (bicyclic) bond motifs is 5. The molecule has 0 fully saturated rings. The first kappa shape index (κ1) is 25.3. The molecule has 0 spiro atoms. The number of hydrogen-bond donors (Lipinski definition) is 0. The summed E-state index contributed by atoms with van der Waals surface area (Å²) < 4.78 is 6.30. The Bertz CT molecular complexity index is 2480. The fourth-order valence-corrected chi connectivity index (χ4v) is 6.21. The van der Waals surface area contributed by atoms with E-state index in [9.17, 15) is 0 Å². The second-order valence-corrected chi connectivity index (χ2v) is 11.1. The highest BCUT2D eigenvalue weighted by molar-refractivity contribution is 6.15. The Balaban J connectivity index is 1.22. The molecule has 5 nitrogen and oxygen atoms in total. The molecule has 0 saturated carbocycles. The zero-order chi connectivity index (χ0) is 29.7. The lowest BCUT2D eigenvalue weighted by Gasteiger charge is -2.11. The van der Waals surface area contributed by atoms with Gasteiger partial charge in [0.05, 0.1) is 6.20 Å². The number of pyridine rings is 1. The van der Waals surface area contributed by atoms with Crippen LogP contribution in [0.5, 0.6) is 0 Å². The van der Waals surface area contributed by atoms with Crippen molar-refractivity contribution in [3.8, 4) is 45.3 Å². The molecule has 6 aromatic carbocycles. The van der Waals surface area contributed by atoms with Crippen molar-refractivity contribution in [1.82, 2.24) is 19.9 Å². The minimum atomic E-state index is 0.637. The Morgan fingerprint density at radius 3 is 1.78 bits per heavy atom. The molecule has 0 N–H and O–H groups in total. The van der Waals surface area contributed by atoms with Gasteiger partial charge in [0.1, 0.15) is 5.58 Å². The van der Waals surface area contributed by atoms with Gasteiger partial charge in [-0.15, -0.1) is 0 Å². The Labute approximate surface area is 258 Å². The predicted molar refractivity (Wildman–Crippen MR) is 182 cm³/mol. The molecule has 0 amide bonds. The highest BCUT2D eigenvalue weighted by Crippen LogP contribution is 2.39. The predicted octanol–water partition coefficient (Wildman–Crippen LogP) is 10.1. The monoisotopic (exact) mass is 576 g/mol. The minimum absolute atomic E-state index is 0.637. The molecule has 45 heavy (non-hydrogen) atoms. The molecule has 9 aromatic rings. The summed E-state index contributed by atoms with van der Waals surface area (Å²) in [5, 5.41) is 6.64. The van der Waals surface area contributed by atoms with Crippen molar-refractivity contribution in [2.75, 3.05) is 0 Å². The molecule has 0 unspecified atom stereocenters. The lowest BCUT2D eigenvalue weighted by atomic mass is 9.96. The maximum Gasteiger partial charge on any atom is 0.164 e. The summed E-state index contributed by atoms with van der Waals surface area (Å²) in [4.78, 5) is 19.4. The van der Waals surface area contributed by atoms with Crippen LogP contribution in [0.4, 0.5) is 0 Å². The minimum Gasteiger partial charge on any atom is -0.454 e. The van der Waals surface area contributed by atoms with Gasteiger partial charge in [0.25, 0.3) is 0 Å². The summed E-state index contributed by atoms with van der Waals surface area (Å²) in [6.45, 7) is 0. The van der Waals surface area contributed by atoms with E-state index in [0.29, 0.717) is 17.5 Å². The van der Waals surface area contributed by atoms with Crippen LogP contribution in [0.25, 0.3) is 88.8 Å². The topological polar surface area (TPSA) is 64.7 Å². The molecule has 0 aliphatic heterocycles. The van der Waals surface area contributed by atoms with Crippen molar-refractivity contribution in [3.05, 3.63) is 146 Å². The van der Waals surface area contributed by atoms with Gasteiger partial charge in [-0.2, -0.15) is 0 Å². The summed E-state index contributed by atoms with van der Waals surface area (Å²) in [5.41, 5.74) is 6.58. The van der Waals surface area contributed by atoms with E-state index in [1.807, 2.05) is 66.9 Å². The van der Waals surface area contributed by atoms with Crippen LogP contribution in [0.1, 0.15) is 0 Å². The van der Waals surface area contributed by atoms with E-state index in [-0.39, 0.29) is 0 Å².